The van der Waals surface area contributed by atoms with Crippen molar-refractivity contribution < 1.29 is 4.74 Å². The van der Waals surface area contributed by atoms with Crippen molar-refractivity contribution in [2.24, 2.45) is 11.8 Å². The average molecular weight is 240 g/mol. The number of nitrogens with one attached hydrogen (secondary N) is 1. The van der Waals surface area contributed by atoms with Gasteiger partial charge in [-0.05, 0) is 71.1 Å². The van der Waals surface area contributed by atoms with Gasteiger partial charge in [-0.3, -0.25) is 0 Å². The maximum Gasteiger partial charge on any atom is 0.0495 e. The van der Waals surface area contributed by atoms with Gasteiger partial charge in [-0.15, -0.1) is 0 Å². The van der Waals surface area contributed by atoms with Crippen LogP contribution in [0.2, 0.25) is 0 Å². The van der Waals surface area contributed by atoms with E-state index in [1.807, 2.05) is 0 Å². The van der Waals surface area contributed by atoms with Crippen LogP contribution in [-0.4, -0.2) is 50.8 Å². The van der Waals surface area contributed by atoms with E-state index in [0.29, 0.717) is 6.04 Å². The first-order valence-electron chi connectivity index (χ1n) is 7.25. The molecule has 2 rings (SSSR count). The smallest absolute Gasteiger partial charge is 0.0495 e. The molecule has 0 aliphatic carbocycles. The molecule has 0 bridgehead atoms. The van der Waals surface area contributed by atoms with Gasteiger partial charge in [-0.1, -0.05) is 0 Å². The molecule has 0 aromatic carbocycles. The zero-order valence-electron chi connectivity index (χ0n) is 11.5. The average Bonchev–Trinajstić information content (AvgIpc) is 2.83. The lowest BCUT2D eigenvalue weighted by atomic mass is 9.90. The second-order valence-corrected chi connectivity index (χ2v) is 5.90. The first kappa shape index (κ1) is 13.3. The third-order valence-corrected chi connectivity index (χ3v) is 4.51. The fraction of sp³-hybridized carbons (Fsp3) is 1.00. The molecular weight excluding hydrogens is 212 g/mol. The van der Waals surface area contributed by atoms with E-state index in [1.165, 1.54) is 45.3 Å². The third-order valence-electron chi connectivity index (χ3n) is 4.51. The summed E-state index contributed by atoms with van der Waals surface area (Å²) in [6.45, 7) is 8.04. The summed E-state index contributed by atoms with van der Waals surface area (Å²) in [6, 6.07) is 0.686. The second kappa shape index (κ2) is 6.72. The monoisotopic (exact) mass is 240 g/mol. The van der Waals surface area contributed by atoms with E-state index in [1.54, 1.807) is 0 Å². The van der Waals surface area contributed by atoms with Crippen LogP contribution in [0.25, 0.3) is 0 Å². The normalized spacial score (nSPS) is 29.6. The Hall–Kier alpha value is -0.120. The molecule has 2 saturated heterocycles. The van der Waals surface area contributed by atoms with Crippen molar-refractivity contribution in [1.82, 2.24) is 10.2 Å². The Morgan fingerprint density at radius 2 is 2.06 bits per heavy atom. The van der Waals surface area contributed by atoms with Crippen molar-refractivity contribution in [1.29, 1.82) is 0 Å². The number of hydrogen-bond acceptors (Lipinski definition) is 3. The molecule has 0 aromatic heterocycles. The summed E-state index contributed by atoms with van der Waals surface area (Å²) in [5.41, 5.74) is 0. The molecule has 3 nitrogen and oxygen atoms in total. The van der Waals surface area contributed by atoms with Crippen LogP contribution in [0.15, 0.2) is 0 Å². The van der Waals surface area contributed by atoms with Gasteiger partial charge in [0, 0.05) is 19.3 Å². The summed E-state index contributed by atoms with van der Waals surface area (Å²) in [6.07, 6.45) is 5.27. The van der Waals surface area contributed by atoms with Gasteiger partial charge in [-0.2, -0.15) is 0 Å². The molecule has 0 aromatic rings. The lowest BCUT2D eigenvalue weighted by molar-refractivity contribution is 0.179. The summed E-state index contributed by atoms with van der Waals surface area (Å²) in [5.74, 6) is 1.69. The molecule has 2 aliphatic rings. The first-order chi connectivity index (χ1) is 8.25. The molecule has 3 heteroatoms. The van der Waals surface area contributed by atoms with Gasteiger partial charge in [0.15, 0.2) is 0 Å². The van der Waals surface area contributed by atoms with Crippen LogP contribution >= 0.6 is 0 Å². The number of hydrogen-bond donors (Lipinski definition) is 1. The highest BCUT2D eigenvalue weighted by Gasteiger charge is 2.22. The number of likely N-dealkylation sites (tertiary alicyclic amines) is 1. The van der Waals surface area contributed by atoms with Crippen LogP contribution < -0.4 is 5.32 Å². The Labute approximate surface area is 106 Å². The summed E-state index contributed by atoms with van der Waals surface area (Å²) in [5, 5.41) is 3.72. The van der Waals surface area contributed by atoms with Crippen molar-refractivity contribution in [3.05, 3.63) is 0 Å². The van der Waals surface area contributed by atoms with Gasteiger partial charge in [0.05, 0.1) is 0 Å². The Kier molecular flexibility index (Phi) is 5.26. The fourth-order valence-corrected chi connectivity index (χ4v) is 3.02. The minimum atomic E-state index is 0.686. The van der Waals surface area contributed by atoms with Crippen molar-refractivity contribution >= 4 is 0 Å². The standard InChI is InChI=1S/C14H28N2O/c1-12(14-4-8-16(2)9-5-14)15-7-3-13-6-10-17-11-13/h12-15H,3-11H2,1-2H3. The molecule has 2 aliphatic heterocycles. The molecule has 1 N–H and O–H groups in total. The molecule has 100 valence electrons. The fourth-order valence-electron chi connectivity index (χ4n) is 3.02. The van der Waals surface area contributed by atoms with E-state index < -0.39 is 0 Å². The second-order valence-electron chi connectivity index (χ2n) is 5.90. The van der Waals surface area contributed by atoms with Crippen LogP contribution in [0.1, 0.15) is 32.6 Å². The molecule has 0 spiro atoms. The van der Waals surface area contributed by atoms with E-state index >= 15 is 0 Å². The summed E-state index contributed by atoms with van der Waals surface area (Å²) in [7, 11) is 2.23. The Balaban J connectivity index is 1.58. The summed E-state index contributed by atoms with van der Waals surface area (Å²) >= 11 is 0. The van der Waals surface area contributed by atoms with E-state index in [0.717, 1.165) is 25.0 Å². The highest BCUT2D eigenvalue weighted by atomic mass is 16.5. The van der Waals surface area contributed by atoms with E-state index in [-0.39, 0.29) is 0 Å². The summed E-state index contributed by atoms with van der Waals surface area (Å²) < 4.78 is 5.41. The highest BCUT2D eigenvalue weighted by molar-refractivity contribution is 4.78. The Morgan fingerprint density at radius 1 is 1.29 bits per heavy atom. The lowest BCUT2D eigenvalue weighted by Gasteiger charge is -2.33. The minimum Gasteiger partial charge on any atom is -0.381 e. The van der Waals surface area contributed by atoms with Gasteiger partial charge in [0.25, 0.3) is 0 Å². The third kappa shape index (κ3) is 4.23. The molecule has 2 fully saturated rings. The number of nitrogens with zero attached hydrogens (tertiary/aromatic N) is 1. The molecule has 2 unspecified atom stereocenters. The van der Waals surface area contributed by atoms with Crippen LogP contribution in [0.5, 0.6) is 0 Å². The first-order valence-corrected chi connectivity index (χ1v) is 7.25. The largest absolute Gasteiger partial charge is 0.381 e. The maximum absolute atomic E-state index is 5.41. The molecule has 17 heavy (non-hydrogen) atoms. The predicted molar refractivity (Wildman–Crippen MR) is 71.2 cm³/mol. The van der Waals surface area contributed by atoms with Crippen molar-refractivity contribution in [2.45, 2.75) is 38.6 Å². The number of piperidine rings is 1. The molecular formula is C14H28N2O. The zero-order chi connectivity index (χ0) is 12.1. The van der Waals surface area contributed by atoms with Crippen LogP contribution in [0.4, 0.5) is 0 Å². The molecule has 0 saturated carbocycles. The summed E-state index contributed by atoms with van der Waals surface area (Å²) in [4.78, 5) is 2.44. The molecule has 0 radical (unpaired) electrons. The van der Waals surface area contributed by atoms with Gasteiger partial charge >= 0.3 is 0 Å². The highest BCUT2D eigenvalue weighted by Crippen LogP contribution is 2.20. The Bertz CT molecular complexity index is 208. The minimum absolute atomic E-state index is 0.686. The van der Waals surface area contributed by atoms with Crippen molar-refractivity contribution in [3.63, 3.8) is 0 Å². The Morgan fingerprint density at radius 3 is 2.71 bits per heavy atom. The lowest BCUT2D eigenvalue weighted by Crippen LogP contribution is -2.41. The number of rotatable bonds is 5. The van der Waals surface area contributed by atoms with E-state index in [2.05, 4.69) is 24.2 Å². The maximum atomic E-state index is 5.41. The molecule has 0 amide bonds. The SMILES string of the molecule is CC(NCCC1CCOC1)C1CCN(C)CC1. The van der Waals surface area contributed by atoms with Crippen molar-refractivity contribution in [3.8, 4) is 0 Å². The molecule has 2 atom stereocenters. The van der Waals surface area contributed by atoms with Crippen LogP contribution in [0, 0.1) is 11.8 Å². The number of ether oxygens (including phenoxy) is 1. The molecule has 2 heterocycles. The van der Waals surface area contributed by atoms with Gasteiger partial charge in [-0.25, -0.2) is 0 Å². The van der Waals surface area contributed by atoms with E-state index in [9.17, 15) is 0 Å². The van der Waals surface area contributed by atoms with Crippen LogP contribution in [-0.2, 0) is 4.74 Å². The predicted octanol–water partition coefficient (Wildman–Crippen LogP) is 1.73. The quantitative estimate of drug-likeness (QED) is 0.792. The van der Waals surface area contributed by atoms with Crippen molar-refractivity contribution in [2.75, 3.05) is 39.9 Å². The van der Waals surface area contributed by atoms with Gasteiger partial charge in [0.1, 0.15) is 0 Å². The van der Waals surface area contributed by atoms with Gasteiger partial charge in [0.2, 0.25) is 0 Å². The van der Waals surface area contributed by atoms with Gasteiger partial charge < -0.3 is 15.0 Å². The topological polar surface area (TPSA) is 24.5 Å². The van der Waals surface area contributed by atoms with Crippen LogP contribution in [0.3, 0.4) is 0 Å². The van der Waals surface area contributed by atoms with E-state index in [4.69, 9.17) is 4.74 Å². The zero-order valence-corrected chi connectivity index (χ0v) is 11.5.